The summed E-state index contributed by atoms with van der Waals surface area (Å²) in [5.74, 6) is -1.06. The minimum Gasteiger partial charge on any atom is -0.452 e. The van der Waals surface area contributed by atoms with E-state index in [-0.39, 0.29) is 24.0 Å². The number of nitrogens with zero attached hydrogens (tertiary/aromatic N) is 1. The molecule has 0 aromatic heterocycles. The van der Waals surface area contributed by atoms with E-state index in [0.717, 1.165) is 5.56 Å². The van der Waals surface area contributed by atoms with Gasteiger partial charge < -0.3 is 19.7 Å². The molecule has 1 aliphatic heterocycles. The van der Waals surface area contributed by atoms with Crippen molar-refractivity contribution in [3.63, 3.8) is 0 Å². The Morgan fingerprint density at radius 3 is 2.21 bits per heavy atom. The molecular weight excluding hydrogens is 372 g/mol. The standard InChI is InChI=1S/C22H32N2O5/c1-15(17-9-7-6-8-10-17)23-19(25)16(2)28-20(26)18-11-13-24(14-12-18)21(27)29-22(3,4)5/h6-10,15-16,18H,11-14H2,1-5H3,(H,23,25). The number of hydrogen-bond acceptors (Lipinski definition) is 5. The van der Waals surface area contributed by atoms with Gasteiger partial charge in [0.2, 0.25) is 0 Å². The zero-order valence-electron chi connectivity index (χ0n) is 17.9. The molecule has 1 saturated heterocycles. The Morgan fingerprint density at radius 2 is 1.66 bits per heavy atom. The third-order valence-corrected chi connectivity index (χ3v) is 4.80. The number of esters is 1. The molecule has 1 aromatic rings. The van der Waals surface area contributed by atoms with E-state index >= 15 is 0 Å². The lowest BCUT2D eigenvalue weighted by Crippen LogP contribution is -2.44. The molecular formula is C22H32N2O5. The molecule has 0 aliphatic carbocycles. The fourth-order valence-electron chi connectivity index (χ4n) is 3.10. The summed E-state index contributed by atoms with van der Waals surface area (Å²) in [6.07, 6.45) is -0.260. The number of hydrogen-bond donors (Lipinski definition) is 1. The maximum absolute atomic E-state index is 12.4. The summed E-state index contributed by atoms with van der Waals surface area (Å²) in [7, 11) is 0. The molecule has 7 heteroatoms. The maximum Gasteiger partial charge on any atom is 0.410 e. The highest BCUT2D eigenvalue weighted by Gasteiger charge is 2.32. The molecule has 2 atom stereocenters. The largest absolute Gasteiger partial charge is 0.452 e. The minimum atomic E-state index is -0.877. The number of carbonyl (C=O) groups excluding carboxylic acids is 3. The quantitative estimate of drug-likeness (QED) is 0.760. The number of likely N-dealkylation sites (tertiary alicyclic amines) is 1. The van der Waals surface area contributed by atoms with Crippen molar-refractivity contribution in [2.75, 3.05) is 13.1 Å². The van der Waals surface area contributed by atoms with Crippen molar-refractivity contribution in [3.05, 3.63) is 35.9 Å². The van der Waals surface area contributed by atoms with Gasteiger partial charge in [-0.2, -0.15) is 0 Å². The highest BCUT2D eigenvalue weighted by atomic mass is 16.6. The van der Waals surface area contributed by atoms with E-state index in [1.54, 1.807) is 11.8 Å². The summed E-state index contributed by atoms with van der Waals surface area (Å²) in [4.78, 5) is 38.5. The first kappa shape index (κ1) is 22.7. The molecule has 1 fully saturated rings. The van der Waals surface area contributed by atoms with Crippen LogP contribution in [0.1, 0.15) is 59.1 Å². The SMILES string of the molecule is CC(OC(=O)C1CCN(C(=O)OC(C)(C)C)CC1)C(=O)NC(C)c1ccccc1. The Kier molecular flexibility index (Phi) is 7.65. The Labute approximate surface area is 172 Å². The van der Waals surface area contributed by atoms with E-state index in [1.165, 1.54) is 0 Å². The summed E-state index contributed by atoms with van der Waals surface area (Å²) in [5.41, 5.74) is 0.431. The van der Waals surface area contributed by atoms with Crippen molar-refractivity contribution >= 4 is 18.0 Å². The van der Waals surface area contributed by atoms with Gasteiger partial charge in [0.25, 0.3) is 5.91 Å². The molecule has 160 valence electrons. The van der Waals surface area contributed by atoms with Gasteiger partial charge in [0.1, 0.15) is 5.60 Å². The van der Waals surface area contributed by atoms with Gasteiger partial charge in [-0.3, -0.25) is 9.59 Å². The van der Waals surface area contributed by atoms with E-state index in [9.17, 15) is 14.4 Å². The van der Waals surface area contributed by atoms with Crippen molar-refractivity contribution in [3.8, 4) is 0 Å². The average Bonchev–Trinajstić information content (AvgIpc) is 2.67. The Morgan fingerprint density at radius 1 is 1.07 bits per heavy atom. The van der Waals surface area contributed by atoms with Crippen molar-refractivity contribution in [2.24, 2.45) is 5.92 Å². The van der Waals surface area contributed by atoms with Crippen molar-refractivity contribution in [2.45, 2.75) is 65.2 Å². The molecule has 2 unspecified atom stereocenters. The zero-order valence-corrected chi connectivity index (χ0v) is 17.9. The van der Waals surface area contributed by atoms with Gasteiger partial charge in [-0.15, -0.1) is 0 Å². The van der Waals surface area contributed by atoms with Crippen LogP contribution < -0.4 is 5.32 Å². The average molecular weight is 405 g/mol. The molecule has 7 nitrogen and oxygen atoms in total. The topological polar surface area (TPSA) is 84.9 Å². The molecule has 0 spiro atoms. The number of piperidine rings is 1. The van der Waals surface area contributed by atoms with Crippen LogP contribution in [0, 0.1) is 5.92 Å². The Bertz CT molecular complexity index is 706. The van der Waals surface area contributed by atoms with Crippen molar-refractivity contribution in [1.29, 1.82) is 0 Å². The van der Waals surface area contributed by atoms with Gasteiger partial charge >= 0.3 is 12.1 Å². The van der Waals surface area contributed by atoms with Crippen LogP contribution in [0.5, 0.6) is 0 Å². The second-order valence-corrected chi connectivity index (χ2v) is 8.46. The van der Waals surface area contributed by atoms with Crippen LogP contribution in [-0.2, 0) is 19.1 Å². The second-order valence-electron chi connectivity index (χ2n) is 8.46. The van der Waals surface area contributed by atoms with E-state index in [2.05, 4.69) is 5.32 Å². The first-order valence-electron chi connectivity index (χ1n) is 10.1. The lowest BCUT2D eigenvalue weighted by molar-refractivity contribution is -0.160. The Balaban J connectivity index is 1.78. The number of rotatable bonds is 5. The monoisotopic (exact) mass is 404 g/mol. The second kappa shape index (κ2) is 9.76. The molecule has 0 bridgehead atoms. The third kappa shape index (κ3) is 7.07. The van der Waals surface area contributed by atoms with E-state index < -0.39 is 17.7 Å². The van der Waals surface area contributed by atoms with E-state index in [1.807, 2.05) is 58.0 Å². The molecule has 0 radical (unpaired) electrons. The predicted octanol–water partition coefficient (Wildman–Crippen LogP) is 3.44. The number of carbonyl (C=O) groups is 3. The highest BCUT2D eigenvalue weighted by Crippen LogP contribution is 2.21. The summed E-state index contributed by atoms with van der Waals surface area (Å²) in [6.45, 7) is 9.77. The number of nitrogens with one attached hydrogen (secondary N) is 1. The van der Waals surface area contributed by atoms with Crippen LogP contribution >= 0.6 is 0 Å². The van der Waals surface area contributed by atoms with Crippen molar-refractivity contribution < 1.29 is 23.9 Å². The van der Waals surface area contributed by atoms with Crippen LogP contribution in [0.2, 0.25) is 0 Å². The summed E-state index contributed by atoms with van der Waals surface area (Å²) >= 11 is 0. The molecule has 1 aromatic carbocycles. The lowest BCUT2D eigenvalue weighted by atomic mass is 9.97. The first-order valence-corrected chi connectivity index (χ1v) is 10.1. The van der Waals surface area contributed by atoms with Crippen LogP contribution in [0.25, 0.3) is 0 Å². The summed E-state index contributed by atoms with van der Waals surface area (Å²) in [5, 5.41) is 2.86. The van der Waals surface area contributed by atoms with Gasteiger partial charge in [0, 0.05) is 13.1 Å². The minimum absolute atomic E-state index is 0.179. The van der Waals surface area contributed by atoms with Crippen molar-refractivity contribution in [1.82, 2.24) is 10.2 Å². The third-order valence-electron chi connectivity index (χ3n) is 4.80. The molecule has 1 N–H and O–H groups in total. The van der Waals surface area contributed by atoms with Gasteiger partial charge in [-0.25, -0.2) is 4.79 Å². The molecule has 0 saturated carbocycles. The van der Waals surface area contributed by atoms with Gasteiger partial charge in [0.15, 0.2) is 6.10 Å². The lowest BCUT2D eigenvalue weighted by Gasteiger charge is -2.32. The molecule has 1 heterocycles. The number of ether oxygens (including phenoxy) is 2. The Hall–Kier alpha value is -2.57. The number of amides is 2. The smallest absolute Gasteiger partial charge is 0.410 e. The number of benzene rings is 1. The van der Waals surface area contributed by atoms with Crippen LogP contribution in [-0.4, -0.2) is 47.7 Å². The summed E-state index contributed by atoms with van der Waals surface area (Å²) < 4.78 is 10.7. The van der Waals surface area contributed by atoms with Crippen LogP contribution in [0.15, 0.2) is 30.3 Å². The van der Waals surface area contributed by atoms with E-state index in [0.29, 0.717) is 25.9 Å². The summed E-state index contributed by atoms with van der Waals surface area (Å²) in [6, 6.07) is 9.41. The van der Waals surface area contributed by atoms with Crippen LogP contribution in [0.3, 0.4) is 0 Å². The van der Waals surface area contributed by atoms with Crippen LogP contribution in [0.4, 0.5) is 4.79 Å². The molecule has 29 heavy (non-hydrogen) atoms. The fraction of sp³-hybridized carbons (Fsp3) is 0.591. The molecule has 2 rings (SSSR count). The van der Waals surface area contributed by atoms with Gasteiger partial charge in [-0.1, -0.05) is 30.3 Å². The predicted molar refractivity (Wildman–Crippen MR) is 109 cm³/mol. The fourth-order valence-corrected chi connectivity index (χ4v) is 3.10. The zero-order chi connectivity index (χ0) is 21.6. The normalized spacial score (nSPS) is 17.2. The molecule has 2 amide bonds. The highest BCUT2D eigenvalue weighted by molar-refractivity contribution is 5.84. The maximum atomic E-state index is 12.4. The van der Waals surface area contributed by atoms with Gasteiger partial charge in [0.05, 0.1) is 12.0 Å². The molecule has 1 aliphatic rings. The first-order chi connectivity index (χ1) is 13.6. The van der Waals surface area contributed by atoms with Gasteiger partial charge in [-0.05, 0) is 53.0 Å². The van der Waals surface area contributed by atoms with E-state index in [4.69, 9.17) is 9.47 Å².